The molecule has 5 nitrogen and oxygen atoms in total. The van der Waals surface area contributed by atoms with Gasteiger partial charge in [-0.05, 0) is 55.0 Å². The smallest absolute Gasteiger partial charge is 0.175 e. The van der Waals surface area contributed by atoms with E-state index in [1.807, 2.05) is 0 Å². The summed E-state index contributed by atoms with van der Waals surface area (Å²) in [5.41, 5.74) is 10.1. The molecule has 3 N–H and O–H groups in total. The number of hydrogen-bond donors (Lipinski definition) is 2. The minimum Gasteiger partial charge on any atom is -0.397 e. The van der Waals surface area contributed by atoms with E-state index in [4.69, 9.17) is 5.73 Å². The average Bonchev–Trinajstić information content (AvgIpc) is 2.82. The van der Waals surface area contributed by atoms with E-state index in [1.165, 1.54) is 23.8 Å². The number of piperidine rings is 1. The lowest BCUT2D eigenvalue weighted by Crippen LogP contribution is -2.45. The number of sulfone groups is 1. The maximum Gasteiger partial charge on any atom is 0.175 e. The average molecular weight is 464 g/mol. The van der Waals surface area contributed by atoms with Gasteiger partial charge in [0.1, 0.15) is 0 Å². The second kappa shape index (κ2) is 10.4. The van der Waals surface area contributed by atoms with Gasteiger partial charge in [-0.25, -0.2) is 8.42 Å². The summed E-state index contributed by atoms with van der Waals surface area (Å²) in [6, 6.07) is 26.4. The fourth-order valence-electron chi connectivity index (χ4n) is 4.70. The number of nitrogen functional groups attached to an aromatic ring is 1. The number of nitrogens with two attached hydrogens (primary N) is 1. The minimum atomic E-state index is -3.28. The first-order chi connectivity index (χ1) is 15.9. The van der Waals surface area contributed by atoms with Crippen molar-refractivity contribution in [1.82, 2.24) is 4.90 Å². The van der Waals surface area contributed by atoms with Crippen LogP contribution in [0.2, 0.25) is 0 Å². The number of nitrogens with zero attached hydrogens (tertiary/aromatic N) is 1. The van der Waals surface area contributed by atoms with Gasteiger partial charge in [0.05, 0.1) is 22.4 Å². The molecule has 1 aliphatic rings. The SMILES string of the molecule is CS(=O)(=O)c1ccc(NC2CCCCN2CCC(c2ccccc2)c2ccccc2)c(N)c1. The predicted molar refractivity (Wildman–Crippen MR) is 136 cm³/mol. The molecule has 0 spiro atoms. The van der Waals surface area contributed by atoms with E-state index in [-0.39, 0.29) is 11.1 Å². The highest BCUT2D eigenvalue weighted by molar-refractivity contribution is 7.90. The Kier molecular flexibility index (Phi) is 7.36. The van der Waals surface area contributed by atoms with Crippen molar-refractivity contribution in [3.63, 3.8) is 0 Å². The van der Waals surface area contributed by atoms with Crippen LogP contribution in [0.15, 0.2) is 83.8 Å². The van der Waals surface area contributed by atoms with Gasteiger partial charge in [-0.3, -0.25) is 4.90 Å². The quantitative estimate of drug-likeness (QED) is 0.454. The molecule has 174 valence electrons. The van der Waals surface area contributed by atoms with Crippen LogP contribution in [0.1, 0.15) is 42.7 Å². The fourth-order valence-corrected chi connectivity index (χ4v) is 5.35. The van der Waals surface area contributed by atoms with Crippen LogP contribution >= 0.6 is 0 Å². The molecule has 1 saturated heterocycles. The first-order valence-corrected chi connectivity index (χ1v) is 13.5. The molecule has 1 atom stereocenters. The zero-order chi connectivity index (χ0) is 23.3. The topological polar surface area (TPSA) is 75.4 Å². The molecule has 0 aromatic heterocycles. The summed E-state index contributed by atoms with van der Waals surface area (Å²) in [4.78, 5) is 2.76. The highest BCUT2D eigenvalue weighted by Gasteiger charge is 2.25. The molecule has 1 unspecified atom stereocenters. The van der Waals surface area contributed by atoms with Crippen molar-refractivity contribution in [2.24, 2.45) is 0 Å². The predicted octanol–water partition coefficient (Wildman–Crippen LogP) is 5.12. The van der Waals surface area contributed by atoms with Crippen molar-refractivity contribution in [3.05, 3.63) is 90.0 Å². The van der Waals surface area contributed by atoms with Gasteiger partial charge < -0.3 is 11.1 Å². The summed E-state index contributed by atoms with van der Waals surface area (Å²) in [6.45, 7) is 2.00. The number of hydrogen-bond acceptors (Lipinski definition) is 5. The van der Waals surface area contributed by atoms with Crippen LogP contribution in [-0.4, -0.2) is 38.8 Å². The Labute approximate surface area is 197 Å². The molecule has 0 aliphatic carbocycles. The van der Waals surface area contributed by atoms with Gasteiger partial charge in [0.25, 0.3) is 0 Å². The first kappa shape index (κ1) is 23.3. The van der Waals surface area contributed by atoms with E-state index in [0.717, 1.165) is 38.0 Å². The van der Waals surface area contributed by atoms with E-state index in [1.54, 1.807) is 18.2 Å². The van der Waals surface area contributed by atoms with Gasteiger partial charge in [0, 0.05) is 25.3 Å². The lowest BCUT2D eigenvalue weighted by molar-refractivity contribution is 0.163. The molecule has 1 aliphatic heterocycles. The monoisotopic (exact) mass is 463 g/mol. The zero-order valence-corrected chi connectivity index (χ0v) is 20.0. The summed E-state index contributed by atoms with van der Waals surface area (Å²) in [7, 11) is -3.28. The van der Waals surface area contributed by atoms with Crippen LogP contribution in [-0.2, 0) is 9.84 Å². The number of anilines is 2. The second-order valence-electron chi connectivity index (χ2n) is 8.88. The van der Waals surface area contributed by atoms with Gasteiger partial charge in [0.15, 0.2) is 9.84 Å². The van der Waals surface area contributed by atoms with Gasteiger partial charge in [-0.2, -0.15) is 0 Å². The Morgan fingerprint density at radius 1 is 0.970 bits per heavy atom. The fraction of sp³-hybridized carbons (Fsp3) is 0.333. The lowest BCUT2D eigenvalue weighted by Gasteiger charge is -2.38. The van der Waals surface area contributed by atoms with E-state index >= 15 is 0 Å². The highest BCUT2D eigenvalue weighted by atomic mass is 32.2. The highest BCUT2D eigenvalue weighted by Crippen LogP contribution is 2.30. The van der Waals surface area contributed by atoms with E-state index in [9.17, 15) is 8.42 Å². The third kappa shape index (κ3) is 5.95. The van der Waals surface area contributed by atoms with Crippen molar-refractivity contribution < 1.29 is 8.42 Å². The molecule has 4 rings (SSSR count). The van der Waals surface area contributed by atoms with Crippen LogP contribution in [0.5, 0.6) is 0 Å². The third-order valence-electron chi connectivity index (χ3n) is 6.50. The maximum absolute atomic E-state index is 11.8. The molecule has 1 fully saturated rings. The number of rotatable bonds is 8. The zero-order valence-electron chi connectivity index (χ0n) is 19.2. The summed E-state index contributed by atoms with van der Waals surface area (Å²) in [5.74, 6) is 0.342. The van der Waals surface area contributed by atoms with Gasteiger partial charge >= 0.3 is 0 Å². The summed E-state index contributed by atoms with van der Waals surface area (Å²) in [5, 5.41) is 3.59. The first-order valence-electron chi connectivity index (χ1n) is 11.6. The number of benzene rings is 3. The molecule has 6 heteroatoms. The molecule has 3 aromatic carbocycles. The van der Waals surface area contributed by atoms with Gasteiger partial charge in [-0.1, -0.05) is 60.7 Å². The molecular weight excluding hydrogens is 430 g/mol. The molecule has 3 aromatic rings. The van der Waals surface area contributed by atoms with Crippen molar-refractivity contribution in [1.29, 1.82) is 0 Å². The van der Waals surface area contributed by atoms with Crippen molar-refractivity contribution >= 4 is 21.2 Å². The summed E-state index contributed by atoms with van der Waals surface area (Å²) < 4.78 is 23.7. The summed E-state index contributed by atoms with van der Waals surface area (Å²) in [6.07, 6.45) is 5.78. The van der Waals surface area contributed by atoms with Crippen molar-refractivity contribution in [3.8, 4) is 0 Å². The second-order valence-corrected chi connectivity index (χ2v) is 10.9. The van der Waals surface area contributed by atoms with Crippen LogP contribution in [0.4, 0.5) is 11.4 Å². The van der Waals surface area contributed by atoms with E-state index < -0.39 is 9.84 Å². The third-order valence-corrected chi connectivity index (χ3v) is 7.61. The van der Waals surface area contributed by atoms with Gasteiger partial charge in [0.2, 0.25) is 0 Å². The molecular formula is C27H33N3O2S. The number of nitrogens with one attached hydrogen (secondary N) is 1. The minimum absolute atomic E-state index is 0.178. The van der Waals surface area contributed by atoms with Crippen LogP contribution in [0, 0.1) is 0 Å². The van der Waals surface area contributed by atoms with Crippen molar-refractivity contribution in [2.45, 2.75) is 42.7 Å². The Hall–Kier alpha value is -2.83. The molecule has 33 heavy (non-hydrogen) atoms. The molecule has 0 bridgehead atoms. The number of likely N-dealkylation sites (tertiary alicyclic amines) is 1. The van der Waals surface area contributed by atoms with E-state index in [0.29, 0.717) is 11.6 Å². The molecule has 1 heterocycles. The molecule has 0 saturated carbocycles. The van der Waals surface area contributed by atoms with Gasteiger partial charge in [-0.15, -0.1) is 0 Å². The van der Waals surface area contributed by atoms with Crippen LogP contribution < -0.4 is 11.1 Å². The Bertz CT molecular complexity index is 1110. The summed E-state index contributed by atoms with van der Waals surface area (Å²) >= 11 is 0. The van der Waals surface area contributed by atoms with Crippen LogP contribution in [0.3, 0.4) is 0 Å². The standard InChI is InChI=1S/C27H33N3O2S/c1-33(31,32)23-15-16-26(25(28)20-23)29-27-14-8-9-18-30(27)19-17-24(21-10-4-2-5-11-21)22-12-6-3-7-13-22/h2-7,10-13,15-16,20,24,27,29H,8-9,14,17-19,28H2,1H3. The molecule has 0 radical (unpaired) electrons. The lowest BCUT2D eigenvalue weighted by atomic mass is 9.88. The Morgan fingerprint density at radius 2 is 1.61 bits per heavy atom. The van der Waals surface area contributed by atoms with Crippen molar-refractivity contribution in [2.75, 3.05) is 30.4 Å². The normalized spacial score (nSPS) is 17.2. The molecule has 0 amide bonds. The van der Waals surface area contributed by atoms with E-state index in [2.05, 4.69) is 70.9 Å². The Morgan fingerprint density at radius 3 is 2.18 bits per heavy atom. The van der Waals surface area contributed by atoms with Crippen LogP contribution in [0.25, 0.3) is 0 Å². The Balaban J connectivity index is 1.49. The largest absolute Gasteiger partial charge is 0.397 e. The maximum atomic E-state index is 11.8.